The van der Waals surface area contributed by atoms with E-state index < -0.39 is 22.1 Å². The van der Waals surface area contributed by atoms with Gasteiger partial charge in [0.2, 0.25) is 10.0 Å². The quantitative estimate of drug-likeness (QED) is 0.757. The van der Waals surface area contributed by atoms with Gasteiger partial charge in [-0.05, 0) is 31.9 Å². The van der Waals surface area contributed by atoms with Crippen molar-refractivity contribution in [3.8, 4) is 0 Å². The summed E-state index contributed by atoms with van der Waals surface area (Å²) in [6.07, 6.45) is 1.87. The zero-order valence-electron chi connectivity index (χ0n) is 14.5. The van der Waals surface area contributed by atoms with Crippen LogP contribution in [0, 0.1) is 5.92 Å². The molecule has 1 aromatic carbocycles. The summed E-state index contributed by atoms with van der Waals surface area (Å²) in [6, 6.07) is 8.96. The largest absolute Gasteiger partial charge is 0.461 e. The summed E-state index contributed by atoms with van der Waals surface area (Å²) in [6.45, 7) is 2.59. The van der Waals surface area contributed by atoms with E-state index in [1.165, 1.54) is 0 Å². The monoisotopic (exact) mass is 368 g/mol. The fourth-order valence-corrected chi connectivity index (χ4v) is 3.26. The first kappa shape index (κ1) is 19.4. The van der Waals surface area contributed by atoms with Gasteiger partial charge in [-0.25, -0.2) is 13.1 Å². The van der Waals surface area contributed by atoms with Gasteiger partial charge in [0.05, 0.1) is 12.2 Å². The second kappa shape index (κ2) is 8.44. The van der Waals surface area contributed by atoms with Crippen molar-refractivity contribution >= 4 is 21.9 Å². The molecule has 0 aromatic heterocycles. The van der Waals surface area contributed by atoms with Crippen LogP contribution in [0.5, 0.6) is 0 Å². The molecule has 1 aliphatic rings. The number of hydrogen-bond donors (Lipinski definition) is 1. The maximum absolute atomic E-state index is 12.5. The third-order valence-electron chi connectivity index (χ3n) is 4.01. The number of rotatable bonds is 6. The molecule has 1 aromatic rings. The molecule has 1 fully saturated rings. The van der Waals surface area contributed by atoms with Gasteiger partial charge >= 0.3 is 5.97 Å². The number of ether oxygens (including phenoxy) is 1. The Bertz CT molecular complexity index is 705. The lowest BCUT2D eigenvalue weighted by atomic mass is 9.97. The van der Waals surface area contributed by atoms with Crippen molar-refractivity contribution in [3.63, 3.8) is 0 Å². The van der Waals surface area contributed by atoms with Crippen LogP contribution >= 0.6 is 0 Å². The Morgan fingerprint density at radius 1 is 1.32 bits per heavy atom. The van der Waals surface area contributed by atoms with E-state index in [4.69, 9.17) is 4.74 Å². The molecule has 1 aliphatic heterocycles. The number of carbonyl (C=O) groups excluding carboxylic acids is 2. The molecule has 1 N–H and O–H groups in total. The van der Waals surface area contributed by atoms with Crippen molar-refractivity contribution in [2.45, 2.75) is 25.9 Å². The molecule has 0 aliphatic carbocycles. The van der Waals surface area contributed by atoms with Crippen LogP contribution in [0.2, 0.25) is 0 Å². The first-order chi connectivity index (χ1) is 11.8. The van der Waals surface area contributed by atoms with E-state index in [2.05, 4.69) is 4.72 Å². The fourth-order valence-electron chi connectivity index (χ4n) is 2.72. The van der Waals surface area contributed by atoms with E-state index in [0.29, 0.717) is 25.1 Å². The molecule has 1 amide bonds. The number of amides is 1. The molecule has 0 bridgehead atoms. The molecular weight excluding hydrogens is 344 g/mol. The van der Waals surface area contributed by atoms with Gasteiger partial charge in [-0.1, -0.05) is 18.2 Å². The molecule has 2 rings (SSSR count). The van der Waals surface area contributed by atoms with Gasteiger partial charge in [0.25, 0.3) is 5.91 Å². The SMILES string of the molecule is C[C@@H](CNS(C)(=O)=O)OC(=O)[C@@H]1CCCN(C(=O)c2ccccc2)C1. The van der Waals surface area contributed by atoms with Crippen molar-refractivity contribution < 1.29 is 22.7 Å². The van der Waals surface area contributed by atoms with E-state index in [1.54, 1.807) is 36.1 Å². The number of carbonyl (C=O) groups is 2. The summed E-state index contributed by atoms with van der Waals surface area (Å²) >= 11 is 0. The molecule has 0 unspecified atom stereocenters. The molecule has 2 atom stereocenters. The number of benzene rings is 1. The normalized spacial score (nSPS) is 19.3. The van der Waals surface area contributed by atoms with Crippen LogP contribution in [0.15, 0.2) is 30.3 Å². The first-order valence-corrected chi connectivity index (χ1v) is 10.1. The number of sulfonamides is 1. The molecule has 25 heavy (non-hydrogen) atoms. The maximum atomic E-state index is 12.5. The number of nitrogens with one attached hydrogen (secondary N) is 1. The topological polar surface area (TPSA) is 92.8 Å². The maximum Gasteiger partial charge on any atom is 0.311 e. The van der Waals surface area contributed by atoms with Crippen LogP contribution in [0.1, 0.15) is 30.1 Å². The van der Waals surface area contributed by atoms with E-state index in [1.807, 2.05) is 6.07 Å². The molecule has 0 spiro atoms. The molecule has 138 valence electrons. The summed E-state index contributed by atoms with van der Waals surface area (Å²) in [5, 5.41) is 0. The molecule has 0 saturated carbocycles. The average Bonchev–Trinajstić information content (AvgIpc) is 2.59. The second-order valence-electron chi connectivity index (χ2n) is 6.32. The van der Waals surface area contributed by atoms with Crippen LogP contribution in [0.4, 0.5) is 0 Å². The zero-order valence-corrected chi connectivity index (χ0v) is 15.3. The van der Waals surface area contributed by atoms with Gasteiger partial charge in [0, 0.05) is 25.2 Å². The first-order valence-electron chi connectivity index (χ1n) is 8.25. The van der Waals surface area contributed by atoms with Crippen LogP contribution in [0.3, 0.4) is 0 Å². The molecule has 1 saturated heterocycles. The Balaban J connectivity index is 1.89. The minimum absolute atomic E-state index is 0.0317. The molecule has 0 radical (unpaired) electrons. The Kier molecular flexibility index (Phi) is 6.55. The van der Waals surface area contributed by atoms with Crippen molar-refractivity contribution in [1.82, 2.24) is 9.62 Å². The van der Waals surface area contributed by atoms with Crippen molar-refractivity contribution in [1.29, 1.82) is 0 Å². The van der Waals surface area contributed by atoms with Crippen molar-refractivity contribution in [3.05, 3.63) is 35.9 Å². The van der Waals surface area contributed by atoms with Gasteiger partial charge in [0.15, 0.2) is 0 Å². The van der Waals surface area contributed by atoms with Crippen LogP contribution < -0.4 is 4.72 Å². The Labute approximate surface area is 148 Å². The summed E-state index contributed by atoms with van der Waals surface area (Å²) in [7, 11) is -3.32. The van der Waals surface area contributed by atoms with E-state index in [9.17, 15) is 18.0 Å². The minimum Gasteiger partial charge on any atom is -0.461 e. The summed E-state index contributed by atoms with van der Waals surface area (Å²) in [5.74, 6) is -0.875. The van der Waals surface area contributed by atoms with Gasteiger partial charge in [0.1, 0.15) is 6.10 Å². The van der Waals surface area contributed by atoms with E-state index in [-0.39, 0.29) is 18.4 Å². The second-order valence-corrected chi connectivity index (χ2v) is 8.16. The van der Waals surface area contributed by atoms with Crippen LogP contribution in [-0.4, -0.2) is 57.2 Å². The van der Waals surface area contributed by atoms with Gasteiger partial charge in [-0.15, -0.1) is 0 Å². The summed E-state index contributed by atoms with van der Waals surface area (Å²) < 4.78 is 29.8. The molecule has 7 nitrogen and oxygen atoms in total. The van der Waals surface area contributed by atoms with E-state index in [0.717, 1.165) is 12.7 Å². The Morgan fingerprint density at radius 2 is 2.00 bits per heavy atom. The van der Waals surface area contributed by atoms with Crippen LogP contribution in [0.25, 0.3) is 0 Å². The highest BCUT2D eigenvalue weighted by Gasteiger charge is 2.30. The lowest BCUT2D eigenvalue weighted by Gasteiger charge is -2.32. The number of piperidine rings is 1. The fraction of sp³-hybridized carbons (Fsp3) is 0.529. The van der Waals surface area contributed by atoms with Gasteiger partial charge < -0.3 is 9.64 Å². The minimum atomic E-state index is -3.32. The standard InChI is InChI=1S/C17H24N2O5S/c1-13(11-18-25(2,22)23)24-17(21)15-9-6-10-19(12-15)16(20)14-7-4-3-5-8-14/h3-5,7-8,13,15,18H,6,9-12H2,1-2H3/t13-,15+/m0/s1. The van der Waals surface area contributed by atoms with E-state index >= 15 is 0 Å². The number of hydrogen-bond acceptors (Lipinski definition) is 5. The summed E-state index contributed by atoms with van der Waals surface area (Å²) in [5.41, 5.74) is 0.599. The number of likely N-dealkylation sites (tertiary alicyclic amines) is 1. The Hall–Kier alpha value is -1.93. The third-order valence-corrected chi connectivity index (χ3v) is 4.70. The molecular formula is C17H24N2O5S. The highest BCUT2D eigenvalue weighted by molar-refractivity contribution is 7.88. The van der Waals surface area contributed by atoms with Gasteiger partial charge in [-0.3, -0.25) is 9.59 Å². The smallest absolute Gasteiger partial charge is 0.311 e. The molecule has 1 heterocycles. The number of nitrogens with zero attached hydrogens (tertiary/aromatic N) is 1. The average molecular weight is 368 g/mol. The third kappa shape index (κ3) is 6.13. The zero-order chi connectivity index (χ0) is 18.4. The highest BCUT2D eigenvalue weighted by atomic mass is 32.2. The molecule has 8 heteroatoms. The lowest BCUT2D eigenvalue weighted by Crippen LogP contribution is -2.44. The highest BCUT2D eigenvalue weighted by Crippen LogP contribution is 2.20. The van der Waals surface area contributed by atoms with Gasteiger partial charge in [-0.2, -0.15) is 0 Å². The number of esters is 1. The van der Waals surface area contributed by atoms with Crippen molar-refractivity contribution in [2.24, 2.45) is 5.92 Å². The predicted octanol–water partition coefficient (Wildman–Crippen LogP) is 1.02. The lowest BCUT2D eigenvalue weighted by molar-refractivity contribution is -0.154. The summed E-state index contributed by atoms with van der Waals surface area (Å²) in [4.78, 5) is 26.5. The van der Waals surface area contributed by atoms with Crippen molar-refractivity contribution in [2.75, 3.05) is 25.9 Å². The predicted molar refractivity (Wildman–Crippen MR) is 93.5 cm³/mol. The Morgan fingerprint density at radius 3 is 2.64 bits per heavy atom. The van der Waals surface area contributed by atoms with Crippen LogP contribution in [-0.2, 0) is 19.6 Å².